The van der Waals surface area contributed by atoms with Gasteiger partial charge in [-0.05, 0) is 30.7 Å². The van der Waals surface area contributed by atoms with Crippen LogP contribution in [0, 0.1) is 6.92 Å². The lowest BCUT2D eigenvalue weighted by Crippen LogP contribution is -2.12. The molecule has 0 saturated carbocycles. The molecule has 5 heteroatoms. The van der Waals surface area contributed by atoms with Gasteiger partial charge < -0.3 is 14.8 Å². The van der Waals surface area contributed by atoms with Crippen molar-refractivity contribution in [3.8, 4) is 0 Å². The quantitative estimate of drug-likeness (QED) is 0.885. The Bertz CT molecular complexity index is 592. The Kier molecular flexibility index (Phi) is 4.39. The Morgan fingerprint density at radius 3 is 2.79 bits per heavy atom. The third-order valence-electron chi connectivity index (χ3n) is 2.68. The predicted octanol–water partition coefficient (Wildman–Crippen LogP) is 3.34. The number of halogens is 1. The van der Waals surface area contributed by atoms with E-state index in [1.807, 2.05) is 24.3 Å². The van der Waals surface area contributed by atoms with Crippen molar-refractivity contribution in [2.75, 3.05) is 0 Å². The molecule has 0 amide bonds. The number of rotatable bonds is 5. The first-order valence-electron chi connectivity index (χ1n) is 5.84. The van der Waals surface area contributed by atoms with Gasteiger partial charge in [0.2, 0.25) is 5.76 Å². The minimum absolute atomic E-state index is 0.0132. The van der Waals surface area contributed by atoms with Crippen LogP contribution in [0.2, 0.25) is 0 Å². The van der Waals surface area contributed by atoms with Crippen LogP contribution in [0.1, 0.15) is 27.4 Å². The van der Waals surface area contributed by atoms with Gasteiger partial charge in [0, 0.05) is 16.6 Å². The Balaban J connectivity index is 1.92. The fraction of sp³-hybridized carbons (Fsp3) is 0.214. The third-order valence-corrected chi connectivity index (χ3v) is 3.17. The number of benzene rings is 1. The van der Waals surface area contributed by atoms with Gasteiger partial charge in [-0.3, -0.25) is 0 Å². The van der Waals surface area contributed by atoms with E-state index in [1.165, 1.54) is 0 Å². The van der Waals surface area contributed by atoms with Gasteiger partial charge in [-0.15, -0.1) is 0 Å². The summed E-state index contributed by atoms with van der Waals surface area (Å²) in [7, 11) is 0. The van der Waals surface area contributed by atoms with Crippen LogP contribution in [0.15, 0.2) is 39.2 Å². The average Bonchev–Trinajstić information content (AvgIpc) is 2.71. The fourth-order valence-electron chi connectivity index (χ4n) is 1.82. The van der Waals surface area contributed by atoms with Gasteiger partial charge in [0.15, 0.2) is 0 Å². The van der Waals surface area contributed by atoms with Gasteiger partial charge in [-0.25, -0.2) is 4.79 Å². The number of carbonyl (C=O) groups is 1. The summed E-state index contributed by atoms with van der Waals surface area (Å²) in [5.74, 6) is -0.389. The van der Waals surface area contributed by atoms with Crippen molar-refractivity contribution in [3.05, 3.63) is 57.5 Å². The highest BCUT2D eigenvalue weighted by Gasteiger charge is 2.13. The monoisotopic (exact) mass is 323 g/mol. The van der Waals surface area contributed by atoms with E-state index in [1.54, 1.807) is 13.0 Å². The van der Waals surface area contributed by atoms with E-state index in [2.05, 4.69) is 21.2 Å². The van der Waals surface area contributed by atoms with Gasteiger partial charge >= 0.3 is 5.97 Å². The topological polar surface area (TPSA) is 62.5 Å². The molecule has 100 valence electrons. The molecule has 2 N–H and O–H groups in total. The lowest BCUT2D eigenvalue weighted by Gasteiger charge is -2.03. The molecule has 4 nitrogen and oxygen atoms in total. The Morgan fingerprint density at radius 1 is 1.37 bits per heavy atom. The summed E-state index contributed by atoms with van der Waals surface area (Å²) < 4.78 is 6.30. The first-order chi connectivity index (χ1) is 9.06. The highest BCUT2D eigenvalue weighted by atomic mass is 79.9. The Labute approximate surface area is 119 Å². The molecule has 0 spiro atoms. The summed E-state index contributed by atoms with van der Waals surface area (Å²) in [5.41, 5.74) is 1.79. The molecule has 0 saturated heterocycles. The molecule has 0 aliphatic rings. The fourth-order valence-corrected chi connectivity index (χ4v) is 2.27. The van der Waals surface area contributed by atoms with E-state index < -0.39 is 5.97 Å². The van der Waals surface area contributed by atoms with Crippen LogP contribution in [-0.4, -0.2) is 11.1 Å². The smallest absolute Gasteiger partial charge is 0.372 e. The number of hydrogen-bond donors (Lipinski definition) is 2. The molecule has 0 aliphatic heterocycles. The molecule has 0 aliphatic carbocycles. The summed E-state index contributed by atoms with van der Waals surface area (Å²) in [6.07, 6.45) is 0. The highest BCUT2D eigenvalue weighted by Crippen LogP contribution is 2.15. The Morgan fingerprint density at radius 2 is 2.16 bits per heavy atom. The average molecular weight is 324 g/mol. The molecule has 0 unspecified atom stereocenters. The van der Waals surface area contributed by atoms with Crippen molar-refractivity contribution < 1.29 is 14.3 Å². The zero-order valence-corrected chi connectivity index (χ0v) is 12.0. The van der Waals surface area contributed by atoms with Crippen molar-refractivity contribution >= 4 is 21.9 Å². The summed E-state index contributed by atoms with van der Waals surface area (Å²) in [5, 5.41) is 12.1. The lowest BCUT2D eigenvalue weighted by molar-refractivity contribution is 0.0659. The number of nitrogens with one attached hydrogen (secondary N) is 1. The lowest BCUT2D eigenvalue weighted by atomic mass is 10.2. The predicted molar refractivity (Wildman–Crippen MR) is 75.1 cm³/mol. The molecule has 0 bridgehead atoms. The molecule has 19 heavy (non-hydrogen) atoms. The van der Waals surface area contributed by atoms with Crippen LogP contribution in [0.4, 0.5) is 0 Å². The normalized spacial score (nSPS) is 10.6. The summed E-state index contributed by atoms with van der Waals surface area (Å²) >= 11 is 3.42. The minimum atomic E-state index is -1.03. The van der Waals surface area contributed by atoms with Crippen molar-refractivity contribution in [2.45, 2.75) is 20.0 Å². The van der Waals surface area contributed by atoms with Crippen molar-refractivity contribution in [3.63, 3.8) is 0 Å². The zero-order chi connectivity index (χ0) is 13.8. The van der Waals surface area contributed by atoms with Gasteiger partial charge in [0.25, 0.3) is 0 Å². The first-order valence-corrected chi connectivity index (χ1v) is 6.63. The van der Waals surface area contributed by atoms with Gasteiger partial charge in [-0.1, -0.05) is 28.1 Å². The molecule has 0 atom stereocenters. The van der Waals surface area contributed by atoms with Crippen molar-refractivity contribution in [2.24, 2.45) is 0 Å². The van der Waals surface area contributed by atoms with Crippen LogP contribution < -0.4 is 5.32 Å². The molecular formula is C14H14BrNO3. The van der Waals surface area contributed by atoms with Crippen LogP contribution >= 0.6 is 15.9 Å². The van der Waals surface area contributed by atoms with Crippen LogP contribution in [0.3, 0.4) is 0 Å². The SMILES string of the molecule is Cc1cc(CNCc2cccc(Br)c2)oc1C(=O)O. The van der Waals surface area contributed by atoms with Crippen LogP contribution in [0.25, 0.3) is 0 Å². The third kappa shape index (κ3) is 3.68. The molecule has 0 radical (unpaired) electrons. The summed E-state index contributed by atoms with van der Waals surface area (Å²) in [6.45, 7) is 2.92. The second-order valence-electron chi connectivity index (χ2n) is 4.26. The maximum absolute atomic E-state index is 10.8. The van der Waals surface area contributed by atoms with Gasteiger partial charge in [-0.2, -0.15) is 0 Å². The zero-order valence-electron chi connectivity index (χ0n) is 10.4. The van der Waals surface area contributed by atoms with Gasteiger partial charge in [0.05, 0.1) is 6.54 Å². The molecule has 0 fully saturated rings. The number of aromatic carboxylic acids is 1. The van der Waals surface area contributed by atoms with E-state index in [0.717, 1.165) is 10.0 Å². The van der Waals surface area contributed by atoms with E-state index in [9.17, 15) is 4.79 Å². The molecule has 2 aromatic rings. The van der Waals surface area contributed by atoms with Crippen LogP contribution in [0.5, 0.6) is 0 Å². The van der Waals surface area contributed by atoms with Crippen molar-refractivity contribution in [1.82, 2.24) is 5.32 Å². The molecular weight excluding hydrogens is 310 g/mol. The maximum atomic E-state index is 10.8. The number of aryl methyl sites for hydroxylation is 1. The minimum Gasteiger partial charge on any atom is -0.475 e. The number of furan rings is 1. The van der Waals surface area contributed by atoms with E-state index in [0.29, 0.717) is 24.4 Å². The second kappa shape index (κ2) is 6.04. The number of carboxylic acids is 1. The van der Waals surface area contributed by atoms with Crippen LogP contribution in [-0.2, 0) is 13.1 Å². The number of carboxylic acid groups (broad SMARTS) is 1. The molecule has 1 heterocycles. The standard InChI is InChI=1S/C14H14BrNO3/c1-9-5-12(19-13(9)14(17)18)8-16-7-10-3-2-4-11(15)6-10/h2-6,16H,7-8H2,1H3,(H,17,18). The molecule has 1 aromatic carbocycles. The largest absolute Gasteiger partial charge is 0.475 e. The highest BCUT2D eigenvalue weighted by molar-refractivity contribution is 9.10. The number of hydrogen-bond acceptors (Lipinski definition) is 3. The van der Waals surface area contributed by atoms with E-state index >= 15 is 0 Å². The maximum Gasteiger partial charge on any atom is 0.372 e. The molecule has 1 aromatic heterocycles. The second-order valence-corrected chi connectivity index (χ2v) is 5.18. The van der Waals surface area contributed by atoms with E-state index in [-0.39, 0.29) is 5.76 Å². The summed E-state index contributed by atoms with van der Waals surface area (Å²) in [4.78, 5) is 10.8. The summed E-state index contributed by atoms with van der Waals surface area (Å²) in [6, 6.07) is 9.74. The molecule has 2 rings (SSSR count). The van der Waals surface area contributed by atoms with E-state index in [4.69, 9.17) is 9.52 Å². The van der Waals surface area contributed by atoms with Gasteiger partial charge in [0.1, 0.15) is 5.76 Å². The Hall–Kier alpha value is -1.59. The van der Waals surface area contributed by atoms with Crippen molar-refractivity contribution in [1.29, 1.82) is 0 Å². The first kappa shape index (κ1) is 13.8.